The smallest absolute Gasteiger partial charge is 0.213 e. The number of thiol groups is 1. The lowest BCUT2D eigenvalue weighted by Crippen LogP contribution is -2.52. The number of aromatic nitrogens is 1. The van der Waals surface area contributed by atoms with Gasteiger partial charge in [0.15, 0.2) is 0 Å². The van der Waals surface area contributed by atoms with E-state index in [-0.39, 0.29) is 16.2 Å². The van der Waals surface area contributed by atoms with Gasteiger partial charge < -0.3 is 10.1 Å². The van der Waals surface area contributed by atoms with Gasteiger partial charge in [-0.05, 0) is 64.1 Å². The van der Waals surface area contributed by atoms with Crippen LogP contribution in [-0.2, 0) is 16.5 Å². The van der Waals surface area contributed by atoms with Crippen LogP contribution in [0.1, 0.15) is 50.9 Å². The third-order valence-electron chi connectivity index (χ3n) is 5.88. The van der Waals surface area contributed by atoms with E-state index in [1.165, 1.54) is 5.56 Å². The SMILES string of the molecule is COc1ccc2c(n1)[C@@H](N[SH](C)(=O)C(C)(C)C)C1(CCNCC1)C2. The third kappa shape index (κ3) is 3.00. The van der Waals surface area contributed by atoms with Crippen LogP contribution in [0.15, 0.2) is 12.1 Å². The first-order valence-electron chi connectivity index (χ1n) is 8.78. The highest BCUT2D eigenvalue weighted by atomic mass is 32.3. The van der Waals surface area contributed by atoms with Crippen LogP contribution in [0.25, 0.3) is 0 Å². The summed E-state index contributed by atoms with van der Waals surface area (Å²) < 4.78 is 22.0. The van der Waals surface area contributed by atoms with Crippen LogP contribution in [0.4, 0.5) is 0 Å². The Hall–Kier alpha value is -0.980. The molecule has 1 aromatic rings. The first-order valence-corrected chi connectivity index (χ1v) is 10.9. The van der Waals surface area contributed by atoms with Crippen molar-refractivity contribution >= 4 is 10.1 Å². The quantitative estimate of drug-likeness (QED) is 0.728. The Morgan fingerprint density at radius 3 is 2.58 bits per heavy atom. The van der Waals surface area contributed by atoms with Crippen molar-refractivity contribution in [1.29, 1.82) is 0 Å². The first-order chi connectivity index (χ1) is 11.2. The minimum absolute atomic E-state index is 0.0276. The second-order valence-corrected chi connectivity index (χ2v) is 11.8. The number of ether oxygens (including phenoxy) is 1. The standard InChI is InChI=1S/C18H31N3O2S/c1-17(2,3)24(5,22)21-16-15-13(6-7-14(20-15)23-4)12-18(16)8-10-19-11-9-18/h6-7,16,19,24H,8-12H2,1-5H3,(H,21,22)/t16-/m1/s1. The lowest BCUT2D eigenvalue weighted by atomic mass is 9.74. The summed E-state index contributed by atoms with van der Waals surface area (Å²) in [6.45, 7) is 8.15. The average Bonchev–Trinajstić information content (AvgIpc) is 2.79. The van der Waals surface area contributed by atoms with Gasteiger partial charge >= 0.3 is 0 Å². The van der Waals surface area contributed by atoms with Gasteiger partial charge in [0.05, 0.1) is 18.8 Å². The molecular formula is C18H31N3O2S. The maximum atomic E-state index is 13.4. The number of hydrogen-bond acceptors (Lipinski definition) is 4. The zero-order valence-corrected chi connectivity index (χ0v) is 16.4. The number of rotatable bonds is 3. The number of nitrogens with one attached hydrogen (secondary N) is 2. The van der Waals surface area contributed by atoms with Crippen LogP contribution in [-0.4, -0.2) is 40.4 Å². The van der Waals surface area contributed by atoms with Gasteiger partial charge in [-0.2, -0.15) is 0 Å². The van der Waals surface area contributed by atoms with E-state index in [1.54, 1.807) is 7.11 Å². The Kier molecular flexibility index (Phi) is 4.51. The van der Waals surface area contributed by atoms with Crippen molar-refractivity contribution in [3.8, 4) is 5.88 Å². The molecule has 1 aliphatic carbocycles. The summed E-state index contributed by atoms with van der Waals surface area (Å²) in [5.41, 5.74) is 2.40. The fourth-order valence-electron chi connectivity index (χ4n) is 3.80. The molecule has 1 aliphatic heterocycles. The highest BCUT2D eigenvalue weighted by Gasteiger charge is 2.49. The summed E-state index contributed by atoms with van der Waals surface area (Å²) in [4.78, 5) is 4.74. The van der Waals surface area contributed by atoms with Crippen LogP contribution in [0.5, 0.6) is 5.88 Å². The lowest BCUT2D eigenvalue weighted by molar-refractivity contribution is 0.162. The van der Waals surface area contributed by atoms with Crippen LogP contribution < -0.4 is 14.8 Å². The Morgan fingerprint density at radius 2 is 2.00 bits per heavy atom. The topological polar surface area (TPSA) is 63.2 Å². The van der Waals surface area contributed by atoms with Gasteiger partial charge in [0, 0.05) is 17.1 Å². The summed E-state index contributed by atoms with van der Waals surface area (Å²) in [6, 6.07) is 4.09. The molecule has 0 saturated carbocycles. The molecule has 1 atom stereocenters. The number of hydrogen-bond donors (Lipinski definition) is 3. The monoisotopic (exact) mass is 353 g/mol. The van der Waals surface area contributed by atoms with E-state index in [0.717, 1.165) is 38.0 Å². The van der Waals surface area contributed by atoms with Gasteiger partial charge in [-0.25, -0.2) is 9.71 Å². The maximum Gasteiger partial charge on any atom is 0.213 e. The lowest BCUT2D eigenvalue weighted by Gasteiger charge is -2.44. The number of piperidine rings is 1. The predicted molar refractivity (Wildman–Crippen MR) is 100 cm³/mol. The van der Waals surface area contributed by atoms with E-state index in [2.05, 4.69) is 16.1 Å². The normalized spacial score (nSPS) is 24.0. The van der Waals surface area contributed by atoms with Gasteiger partial charge in [0.1, 0.15) is 0 Å². The maximum absolute atomic E-state index is 13.4. The molecule has 24 heavy (non-hydrogen) atoms. The molecule has 2 N–H and O–H groups in total. The minimum atomic E-state index is -2.55. The molecule has 0 bridgehead atoms. The summed E-state index contributed by atoms with van der Waals surface area (Å²) in [5.74, 6) is 0.633. The van der Waals surface area contributed by atoms with Gasteiger partial charge in [-0.15, -0.1) is 0 Å². The van der Waals surface area contributed by atoms with Crippen molar-refractivity contribution in [2.75, 3.05) is 26.5 Å². The molecule has 3 rings (SSSR count). The van der Waals surface area contributed by atoms with E-state index >= 15 is 0 Å². The number of nitrogens with zero attached hydrogens (tertiary/aromatic N) is 1. The summed E-state index contributed by atoms with van der Waals surface area (Å²) >= 11 is 0. The molecule has 0 amide bonds. The number of fused-ring (bicyclic) bond motifs is 1. The van der Waals surface area contributed by atoms with Crippen LogP contribution in [0, 0.1) is 5.41 Å². The van der Waals surface area contributed by atoms with Gasteiger partial charge in [-0.1, -0.05) is 16.2 Å². The largest absolute Gasteiger partial charge is 0.481 e. The van der Waals surface area contributed by atoms with E-state index in [0.29, 0.717) is 5.88 Å². The second kappa shape index (κ2) is 6.07. The molecule has 1 spiro atoms. The predicted octanol–water partition coefficient (Wildman–Crippen LogP) is 2.01. The Labute approximate surface area is 146 Å². The molecule has 5 nitrogen and oxygen atoms in total. The highest BCUT2D eigenvalue weighted by molar-refractivity contribution is 8.01. The summed E-state index contributed by atoms with van der Waals surface area (Å²) in [6.07, 6.45) is 5.03. The van der Waals surface area contributed by atoms with Crippen LogP contribution in [0.2, 0.25) is 0 Å². The number of methoxy groups -OCH3 is 1. The van der Waals surface area contributed by atoms with E-state index in [1.807, 2.05) is 33.1 Å². The van der Waals surface area contributed by atoms with E-state index < -0.39 is 10.1 Å². The number of pyridine rings is 1. The first kappa shape index (κ1) is 17.8. The van der Waals surface area contributed by atoms with Crippen molar-refractivity contribution in [3.05, 3.63) is 23.4 Å². The molecule has 1 saturated heterocycles. The summed E-state index contributed by atoms with van der Waals surface area (Å²) in [7, 11) is -0.904. The summed E-state index contributed by atoms with van der Waals surface area (Å²) in [5, 5.41) is 3.46. The molecule has 1 aromatic heterocycles. The molecule has 1 fully saturated rings. The molecule has 0 radical (unpaired) electrons. The van der Waals surface area contributed by atoms with E-state index in [4.69, 9.17) is 9.72 Å². The van der Waals surface area contributed by atoms with Crippen molar-refractivity contribution in [2.45, 2.75) is 50.8 Å². The molecular weight excluding hydrogens is 322 g/mol. The molecule has 0 unspecified atom stereocenters. The molecule has 0 aromatic carbocycles. The van der Waals surface area contributed by atoms with Gasteiger partial charge in [0.2, 0.25) is 5.88 Å². The van der Waals surface area contributed by atoms with Crippen molar-refractivity contribution < 1.29 is 8.95 Å². The van der Waals surface area contributed by atoms with Gasteiger partial charge in [-0.3, -0.25) is 4.21 Å². The Morgan fingerprint density at radius 1 is 1.33 bits per heavy atom. The fraction of sp³-hybridized carbons (Fsp3) is 0.722. The molecule has 6 heteroatoms. The zero-order valence-electron chi connectivity index (χ0n) is 15.5. The molecule has 136 valence electrons. The van der Waals surface area contributed by atoms with Crippen molar-refractivity contribution in [2.24, 2.45) is 5.41 Å². The second-order valence-electron chi connectivity index (χ2n) is 8.34. The van der Waals surface area contributed by atoms with Gasteiger partial charge in [0.25, 0.3) is 0 Å². The van der Waals surface area contributed by atoms with Crippen LogP contribution in [0.3, 0.4) is 0 Å². The minimum Gasteiger partial charge on any atom is -0.481 e. The fourth-order valence-corrected chi connectivity index (χ4v) is 5.07. The highest BCUT2D eigenvalue weighted by Crippen LogP contribution is 2.51. The zero-order chi connectivity index (χ0) is 17.6. The van der Waals surface area contributed by atoms with Crippen molar-refractivity contribution in [1.82, 2.24) is 15.0 Å². The molecule has 2 aliphatic rings. The van der Waals surface area contributed by atoms with E-state index in [9.17, 15) is 4.21 Å². The van der Waals surface area contributed by atoms with Crippen LogP contribution >= 0.6 is 0 Å². The van der Waals surface area contributed by atoms with Crippen molar-refractivity contribution in [3.63, 3.8) is 0 Å². The Bertz CT molecular complexity index is 663. The molecule has 2 heterocycles. The average molecular weight is 354 g/mol. The third-order valence-corrected chi connectivity index (χ3v) is 9.19. The Balaban J connectivity index is 2.03.